The fourth-order valence-electron chi connectivity index (χ4n) is 2.65. The van der Waals surface area contributed by atoms with E-state index in [9.17, 15) is 4.79 Å². The van der Waals surface area contributed by atoms with E-state index in [0.717, 1.165) is 22.0 Å². The highest BCUT2D eigenvalue weighted by molar-refractivity contribution is 6.30. The second-order valence-corrected chi connectivity index (χ2v) is 6.34. The highest BCUT2D eigenvalue weighted by Gasteiger charge is 2.10. The number of carbonyl (C=O) groups excluding carboxylic acids is 1. The molecule has 0 bridgehead atoms. The van der Waals surface area contributed by atoms with E-state index < -0.39 is 0 Å². The molecule has 5 heteroatoms. The number of anilines is 1. The van der Waals surface area contributed by atoms with Crippen molar-refractivity contribution in [3.05, 3.63) is 64.3 Å². The van der Waals surface area contributed by atoms with Gasteiger partial charge < -0.3 is 10.1 Å². The summed E-state index contributed by atoms with van der Waals surface area (Å²) in [5.41, 5.74) is 4.65. The lowest BCUT2D eigenvalue weighted by Crippen LogP contribution is -2.08. The molecule has 128 valence electrons. The van der Waals surface area contributed by atoms with E-state index in [1.165, 1.54) is 12.5 Å². The Morgan fingerprint density at radius 1 is 1.20 bits per heavy atom. The predicted molar refractivity (Wildman–Crippen MR) is 101 cm³/mol. The largest absolute Gasteiger partial charge is 0.487 e. The van der Waals surface area contributed by atoms with Crippen molar-refractivity contribution < 1.29 is 9.53 Å². The van der Waals surface area contributed by atoms with Gasteiger partial charge in [0.15, 0.2) is 0 Å². The van der Waals surface area contributed by atoms with Crippen LogP contribution in [-0.2, 0) is 11.4 Å². The summed E-state index contributed by atoms with van der Waals surface area (Å²) in [5, 5.41) is 4.21. The number of ether oxygens (including phenoxy) is 1. The molecule has 1 amide bonds. The van der Waals surface area contributed by atoms with Crippen molar-refractivity contribution >= 4 is 34.1 Å². The van der Waals surface area contributed by atoms with Gasteiger partial charge in [-0.2, -0.15) is 0 Å². The van der Waals surface area contributed by atoms with Crippen LogP contribution in [0.1, 0.15) is 23.6 Å². The molecule has 0 saturated heterocycles. The minimum atomic E-state index is -0.146. The highest BCUT2D eigenvalue weighted by Crippen LogP contribution is 2.28. The smallest absolute Gasteiger partial charge is 0.221 e. The molecule has 25 heavy (non-hydrogen) atoms. The summed E-state index contributed by atoms with van der Waals surface area (Å²) in [6.45, 7) is 5.83. The first-order valence-corrected chi connectivity index (χ1v) is 8.38. The maximum absolute atomic E-state index is 11.3. The first-order valence-electron chi connectivity index (χ1n) is 8.00. The zero-order valence-corrected chi connectivity index (χ0v) is 15.1. The summed E-state index contributed by atoms with van der Waals surface area (Å²) in [7, 11) is 0. The third kappa shape index (κ3) is 3.74. The van der Waals surface area contributed by atoms with Crippen LogP contribution in [0.3, 0.4) is 0 Å². The molecule has 0 aliphatic heterocycles. The van der Waals surface area contributed by atoms with Gasteiger partial charge in [0.25, 0.3) is 0 Å². The topological polar surface area (TPSA) is 51.2 Å². The number of pyridine rings is 1. The molecule has 3 rings (SSSR count). The van der Waals surface area contributed by atoms with Crippen LogP contribution in [0.2, 0.25) is 5.15 Å². The molecule has 0 fully saturated rings. The Kier molecular flexibility index (Phi) is 4.91. The van der Waals surface area contributed by atoms with Gasteiger partial charge in [0.2, 0.25) is 5.91 Å². The standard InChI is InChI=1S/C20H19ClN2O2/c1-12-8-9-15-10-16(20(21)23-19(15)13(12)2)11-25-18-7-5-4-6-17(18)22-14(3)24/h4-10H,11H2,1-3H3,(H,22,24). The fraction of sp³-hybridized carbons (Fsp3) is 0.200. The summed E-state index contributed by atoms with van der Waals surface area (Å²) in [5.74, 6) is 0.446. The molecule has 0 spiro atoms. The van der Waals surface area contributed by atoms with Crippen LogP contribution in [-0.4, -0.2) is 10.9 Å². The molecule has 0 unspecified atom stereocenters. The average molecular weight is 355 g/mol. The molecule has 1 aromatic heterocycles. The van der Waals surface area contributed by atoms with Crippen molar-refractivity contribution in [3.63, 3.8) is 0 Å². The van der Waals surface area contributed by atoms with Crippen LogP contribution < -0.4 is 10.1 Å². The Balaban J connectivity index is 1.88. The van der Waals surface area contributed by atoms with Crippen molar-refractivity contribution in [1.82, 2.24) is 4.98 Å². The quantitative estimate of drug-likeness (QED) is 0.667. The molecule has 0 atom stereocenters. The maximum atomic E-state index is 11.3. The van der Waals surface area contributed by atoms with E-state index in [2.05, 4.69) is 23.3 Å². The summed E-state index contributed by atoms with van der Waals surface area (Å²) < 4.78 is 5.87. The highest BCUT2D eigenvalue weighted by atomic mass is 35.5. The van der Waals surface area contributed by atoms with E-state index in [1.807, 2.05) is 31.2 Å². The third-order valence-corrected chi connectivity index (χ3v) is 4.45. The fourth-order valence-corrected chi connectivity index (χ4v) is 2.84. The Hall–Kier alpha value is -2.59. The van der Waals surface area contributed by atoms with E-state index in [0.29, 0.717) is 16.6 Å². The minimum absolute atomic E-state index is 0.146. The van der Waals surface area contributed by atoms with E-state index >= 15 is 0 Å². The molecule has 1 heterocycles. The lowest BCUT2D eigenvalue weighted by molar-refractivity contribution is -0.114. The molecular formula is C20H19ClN2O2. The minimum Gasteiger partial charge on any atom is -0.487 e. The summed E-state index contributed by atoms with van der Waals surface area (Å²) in [6.07, 6.45) is 0. The Bertz CT molecular complexity index is 954. The van der Waals surface area contributed by atoms with Crippen molar-refractivity contribution in [1.29, 1.82) is 0 Å². The normalized spacial score (nSPS) is 10.7. The lowest BCUT2D eigenvalue weighted by atomic mass is 10.0. The molecule has 0 aliphatic carbocycles. The first kappa shape index (κ1) is 17.2. The van der Waals surface area contributed by atoms with Gasteiger partial charge in [-0.25, -0.2) is 4.98 Å². The van der Waals surface area contributed by atoms with E-state index in [1.54, 1.807) is 12.1 Å². The van der Waals surface area contributed by atoms with Gasteiger partial charge in [-0.1, -0.05) is 35.9 Å². The number of amides is 1. The Labute approximate surface area is 151 Å². The number of carbonyl (C=O) groups is 1. The van der Waals surface area contributed by atoms with Gasteiger partial charge in [0.1, 0.15) is 17.5 Å². The zero-order valence-electron chi connectivity index (χ0n) is 14.4. The summed E-state index contributed by atoms with van der Waals surface area (Å²) in [6, 6.07) is 13.4. The molecule has 0 aliphatic rings. The predicted octanol–water partition coefficient (Wildman–Crippen LogP) is 5.04. The van der Waals surface area contributed by atoms with Gasteiger partial charge in [0, 0.05) is 17.9 Å². The lowest BCUT2D eigenvalue weighted by Gasteiger charge is -2.13. The number of para-hydroxylation sites is 2. The SMILES string of the molecule is CC(=O)Nc1ccccc1OCc1cc2ccc(C)c(C)c2nc1Cl. The average Bonchev–Trinajstić information content (AvgIpc) is 2.58. The van der Waals surface area contributed by atoms with Crippen molar-refractivity contribution in [2.45, 2.75) is 27.4 Å². The second-order valence-electron chi connectivity index (χ2n) is 5.98. The zero-order chi connectivity index (χ0) is 18.0. The van der Waals surface area contributed by atoms with Crippen molar-refractivity contribution in [2.75, 3.05) is 5.32 Å². The number of aryl methyl sites for hydroxylation is 2. The van der Waals surface area contributed by atoms with Crippen molar-refractivity contribution in [2.24, 2.45) is 0 Å². The first-order chi connectivity index (χ1) is 12.0. The van der Waals surface area contributed by atoms with Crippen LogP contribution in [0.25, 0.3) is 10.9 Å². The Morgan fingerprint density at radius 2 is 1.96 bits per heavy atom. The van der Waals surface area contributed by atoms with Gasteiger partial charge >= 0.3 is 0 Å². The Morgan fingerprint density at radius 3 is 2.72 bits per heavy atom. The number of nitrogens with zero attached hydrogens (tertiary/aromatic N) is 1. The molecule has 3 aromatic rings. The van der Waals surface area contributed by atoms with Crippen LogP contribution >= 0.6 is 11.6 Å². The number of hydrogen-bond acceptors (Lipinski definition) is 3. The van der Waals surface area contributed by atoms with Crippen LogP contribution in [0.4, 0.5) is 5.69 Å². The van der Waals surface area contributed by atoms with Crippen LogP contribution in [0, 0.1) is 13.8 Å². The molecule has 2 aromatic carbocycles. The molecule has 4 nitrogen and oxygen atoms in total. The van der Waals surface area contributed by atoms with Gasteiger partial charge in [-0.15, -0.1) is 0 Å². The van der Waals surface area contributed by atoms with Crippen LogP contribution in [0.5, 0.6) is 5.75 Å². The number of nitrogens with one attached hydrogen (secondary N) is 1. The molecule has 0 saturated carbocycles. The van der Waals surface area contributed by atoms with Gasteiger partial charge in [-0.3, -0.25) is 4.79 Å². The van der Waals surface area contributed by atoms with Gasteiger partial charge in [-0.05, 0) is 43.2 Å². The number of aromatic nitrogens is 1. The maximum Gasteiger partial charge on any atom is 0.221 e. The van der Waals surface area contributed by atoms with Crippen molar-refractivity contribution in [3.8, 4) is 5.75 Å². The monoisotopic (exact) mass is 354 g/mol. The molecular weight excluding hydrogens is 336 g/mol. The number of halogens is 1. The van der Waals surface area contributed by atoms with Crippen LogP contribution in [0.15, 0.2) is 42.5 Å². The van der Waals surface area contributed by atoms with E-state index in [4.69, 9.17) is 16.3 Å². The third-order valence-electron chi connectivity index (χ3n) is 4.12. The van der Waals surface area contributed by atoms with E-state index in [-0.39, 0.29) is 12.5 Å². The molecule has 1 N–H and O–H groups in total. The number of benzene rings is 2. The number of hydrogen-bond donors (Lipinski definition) is 1. The summed E-state index contributed by atoms with van der Waals surface area (Å²) in [4.78, 5) is 15.8. The number of rotatable bonds is 4. The molecule has 0 radical (unpaired) electrons. The summed E-state index contributed by atoms with van der Waals surface area (Å²) >= 11 is 6.36. The number of fused-ring (bicyclic) bond motifs is 1. The van der Waals surface area contributed by atoms with Gasteiger partial charge in [0.05, 0.1) is 11.2 Å². The second kappa shape index (κ2) is 7.11.